The smallest absolute Gasteiger partial charge is 0.314 e. The number of aromatic nitrogens is 2. The van der Waals surface area contributed by atoms with Crippen molar-refractivity contribution in [3.05, 3.63) is 5.82 Å². The first kappa shape index (κ1) is 6.60. The van der Waals surface area contributed by atoms with Crippen molar-refractivity contribution in [3.8, 4) is 0 Å². The van der Waals surface area contributed by atoms with Gasteiger partial charge in [0.2, 0.25) is 0 Å². The van der Waals surface area contributed by atoms with E-state index in [1.807, 2.05) is 0 Å². The lowest BCUT2D eigenvalue weighted by Gasteiger charge is -1.96. The van der Waals surface area contributed by atoms with Crippen LogP contribution in [0.1, 0.15) is 25.6 Å². The van der Waals surface area contributed by atoms with Crippen molar-refractivity contribution in [1.82, 2.24) is 10.1 Å². The van der Waals surface area contributed by atoms with E-state index in [1.54, 1.807) is 0 Å². The second kappa shape index (κ2) is 1.94. The molecule has 11 heavy (non-hydrogen) atoms. The van der Waals surface area contributed by atoms with Gasteiger partial charge in [-0.3, -0.25) is 5.43 Å². The van der Waals surface area contributed by atoms with Crippen LogP contribution in [-0.2, 0) is 5.41 Å². The SMILES string of the molecule is CC1(c2noc(NN)n2)CC1. The molecule has 0 amide bonds. The first-order valence-electron chi connectivity index (χ1n) is 3.55. The molecule has 0 spiro atoms. The minimum atomic E-state index is 0.151. The number of rotatable bonds is 2. The molecule has 0 saturated heterocycles. The number of hydrogen-bond acceptors (Lipinski definition) is 5. The Morgan fingerprint density at radius 2 is 2.36 bits per heavy atom. The molecule has 3 N–H and O–H groups in total. The number of nitrogen functional groups attached to an aromatic ring is 1. The lowest BCUT2D eigenvalue weighted by atomic mass is 10.1. The van der Waals surface area contributed by atoms with E-state index < -0.39 is 0 Å². The number of hydrogen-bond donors (Lipinski definition) is 2. The first-order valence-corrected chi connectivity index (χ1v) is 3.55. The van der Waals surface area contributed by atoms with Gasteiger partial charge in [0.1, 0.15) is 0 Å². The van der Waals surface area contributed by atoms with E-state index in [9.17, 15) is 0 Å². The van der Waals surface area contributed by atoms with Gasteiger partial charge in [0.05, 0.1) is 0 Å². The van der Waals surface area contributed by atoms with Crippen molar-refractivity contribution in [2.45, 2.75) is 25.2 Å². The molecule has 0 bridgehead atoms. The van der Waals surface area contributed by atoms with Crippen molar-refractivity contribution in [2.24, 2.45) is 5.84 Å². The van der Waals surface area contributed by atoms with E-state index in [0.29, 0.717) is 0 Å². The highest BCUT2D eigenvalue weighted by Crippen LogP contribution is 2.46. The first-order chi connectivity index (χ1) is 5.24. The van der Waals surface area contributed by atoms with E-state index in [0.717, 1.165) is 18.7 Å². The normalized spacial score (nSPS) is 19.8. The summed E-state index contributed by atoms with van der Waals surface area (Å²) >= 11 is 0. The molecule has 1 aliphatic rings. The van der Waals surface area contributed by atoms with Gasteiger partial charge in [-0.15, -0.1) is 0 Å². The Hall–Kier alpha value is -1.10. The summed E-state index contributed by atoms with van der Waals surface area (Å²) in [6.07, 6.45) is 2.27. The molecule has 1 aromatic rings. The molecule has 1 aromatic heterocycles. The molecular formula is C6H10N4O. The van der Waals surface area contributed by atoms with Gasteiger partial charge in [0, 0.05) is 5.41 Å². The maximum Gasteiger partial charge on any atom is 0.335 e. The predicted molar refractivity (Wildman–Crippen MR) is 38.7 cm³/mol. The molecule has 60 valence electrons. The maximum absolute atomic E-state index is 5.08. The van der Waals surface area contributed by atoms with Crippen LogP contribution in [0.25, 0.3) is 0 Å². The molecule has 0 aromatic carbocycles. The van der Waals surface area contributed by atoms with Gasteiger partial charge >= 0.3 is 6.01 Å². The average molecular weight is 154 g/mol. The summed E-state index contributed by atoms with van der Waals surface area (Å²) in [4.78, 5) is 4.05. The topological polar surface area (TPSA) is 77.0 Å². The number of anilines is 1. The fourth-order valence-electron chi connectivity index (χ4n) is 0.938. The number of nitrogens with zero attached hydrogens (tertiary/aromatic N) is 2. The van der Waals surface area contributed by atoms with E-state index in [1.165, 1.54) is 0 Å². The predicted octanol–water partition coefficient (Wildman–Crippen LogP) is 0.407. The van der Waals surface area contributed by atoms with Crippen LogP contribution in [-0.4, -0.2) is 10.1 Å². The molecule has 1 heterocycles. The van der Waals surface area contributed by atoms with Crippen LogP contribution in [0.5, 0.6) is 0 Å². The van der Waals surface area contributed by atoms with Crippen LogP contribution < -0.4 is 11.3 Å². The summed E-state index contributed by atoms with van der Waals surface area (Å²) in [6.45, 7) is 2.11. The quantitative estimate of drug-likeness (QED) is 0.476. The zero-order chi connectivity index (χ0) is 7.90. The summed E-state index contributed by atoms with van der Waals surface area (Å²) in [7, 11) is 0. The van der Waals surface area contributed by atoms with Crippen LogP contribution in [0.3, 0.4) is 0 Å². The van der Waals surface area contributed by atoms with Crippen LogP contribution >= 0.6 is 0 Å². The van der Waals surface area contributed by atoms with Gasteiger partial charge in [-0.25, -0.2) is 5.84 Å². The van der Waals surface area contributed by atoms with E-state index >= 15 is 0 Å². The Bertz CT molecular complexity index is 265. The van der Waals surface area contributed by atoms with Crippen LogP contribution in [0, 0.1) is 0 Å². The second-order valence-electron chi connectivity index (χ2n) is 3.13. The Morgan fingerprint density at radius 3 is 2.82 bits per heavy atom. The van der Waals surface area contributed by atoms with Gasteiger partial charge in [-0.05, 0) is 12.8 Å². The van der Waals surface area contributed by atoms with Gasteiger partial charge in [0.15, 0.2) is 5.82 Å². The fraction of sp³-hybridized carbons (Fsp3) is 0.667. The van der Waals surface area contributed by atoms with Gasteiger partial charge < -0.3 is 4.52 Å². The zero-order valence-electron chi connectivity index (χ0n) is 6.29. The van der Waals surface area contributed by atoms with Crippen molar-refractivity contribution in [3.63, 3.8) is 0 Å². The standard InChI is InChI=1S/C6H10N4O/c1-6(2-3-6)4-8-5(9-7)11-10-4/h2-3,7H2,1H3,(H,8,9,10). The zero-order valence-corrected chi connectivity index (χ0v) is 6.29. The fourth-order valence-corrected chi connectivity index (χ4v) is 0.938. The highest BCUT2D eigenvalue weighted by molar-refractivity contribution is 5.22. The van der Waals surface area contributed by atoms with Crippen LogP contribution in [0.4, 0.5) is 6.01 Å². The summed E-state index contributed by atoms with van der Waals surface area (Å²) in [5, 5.41) is 3.79. The molecule has 0 atom stereocenters. The Morgan fingerprint density at radius 1 is 1.64 bits per heavy atom. The van der Waals surface area contributed by atoms with Gasteiger partial charge in [0.25, 0.3) is 0 Å². The summed E-state index contributed by atoms with van der Waals surface area (Å²) < 4.78 is 4.78. The molecule has 1 saturated carbocycles. The third-order valence-corrected chi connectivity index (χ3v) is 2.09. The molecule has 5 heteroatoms. The summed E-state index contributed by atoms with van der Waals surface area (Å²) in [5.41, 5.74) is 2.46. The summed E-state index contributed by atoms with van der Waals surface area (Å²) in [6, 6.07) is 0.285. The highest BCUT2D eigenvalue weighted by atomic mass is 16.5. The maximum atomic E-state index is 5.08. The monoisotopic (exact) mass is 154 g/mol. The molecule has 0 aliphatic heterocycles. The Labute approximate surface area is 63.9 Å². The largest absolute Gasteiger partial charge is 0.335 e. The molecular weight excluding hydrogens is 144 g/mol. The number of hydrazine groups is 1. The molecule has 5 nitrogen and oxygen atoms in total. The third-order valence-electron chi connectivity index (χ3n) is 2.09. The van der Waals surface area contributed by atoms with Gasteiger partial charge in [-0.1, -0.05) is 12.1 Å². The lowest BCUT2D eigenvalue weighted by molar-refractivity contribution is 0.416. The van der Waals surface area contributed by atoms with E-state index in [2.05, 4.69) is 22.5 Å². The molecule has 2 rings (SSSR count). The average Bonchev–Trinajstić information content (AvgIpc) is 2.61. The molecule has 0 radical (unpaired) electrons. The number of nitrogens with two attached hydrogens (primary N) is 1. The van der Waals surface area contributed by atoms with Crippen LogP contribution in [0.2, 0.25) is 0 Å². The van der Waals surface area contributed by atoms with Crippen LogP contribution in [0.15, 0.2) is 4.52 Å². The third kappa shape index (κ3) is 0.970. The summed E-state index contributed by atoms with van der Waals surface area (Å²) in [5.74, 6) is 5.84. The van der Waals surface area contributed by atoms with Crippen molar-refractivity contribution in [2.75, 3.05) is 5.43 Å². The van der Waals surface area contributed by atoms with E-state index in [-0.39, 0.29) is 11.4 Å². The second-order valence-corrected chi connectivity index (χ2v) is 3.13. The molecule has 1 aliphatic carbocycles. The van der Waals surface area contributed by atoms with Crippen molar-refractivity contribution < 1.29 is 4.52 Å². The van der Waals surface area contributed by atoms with E-state index in [4.69, 9.17) is 10.4 Å². The molecule has 1 fully saturated rings. The van der Waals surface area contributed by atoms with Crippen molar-refractivity contribution >= 4 is 6.01 Å². The molecule has 0 unspecified atom stereocenters. The minimum absolute atomic E-state index is 0.151. The minimum Gasteiger partial charge on any atom is -0.314 e. The van der Waals surface area contributed by atoms with Crippen molar-refractivity contribution in [1.29, 1.82) is 0 Å². The lowest BCUT2D eigenvalue weighted by Crippen LogP contribution is -2.08. The number of nitrogens with one attached hydrogen (secondary N) is 1. The Balaban J connectivity index is 2.25. The highest BCUT2D eigenvalue weighted by Gasteiger charge is 2.43. The van der Waals surface area contributed by atoms with Gasteiger partial charge in [-0.2, -0.15) is 4.98 Å². The Kier molecular flexibility index (Phi) is 1.17.